The number of benzene rings is 3. The summed E-state index contributed by atoms with van der Waals surface area (Å²) in [6, 6.07) is 25.7. The van der Waals surface area contributed by atoms with Crippen molar-refractivity contribution in [1.29, 1.82) is 0 Å². The van der Waals surface area contributed by atoms with Crippen molar-refractivity contribution in [2.45, 2.75) is 31.6 Å². The lowest BCUT2D eigenvalue weighted by atomic mass is 10.1. The summed E-state index contributed by atoms with van der Waals surface area (Å²) in [5.74, 6) is 1.10. The van der Waals surface area contributed by atoms with E-state index in [-0.39, 0.29) is 5.75 Å². The maximum absolute atomic E-state index is 13.5. The molecule has 0 saturated heterocycles. The standard InChI is InChI=1S/C27H24N4O2S/c1-18-15-24-26(28-23-13-14-23)29-25(22-12-11-20-9-5-6-10-21(20)16-22)30-27(24)31(18)34(32,33)17-19-7-3-2-4-8-19/h2-12,15-16,23H,13-14,17H2,1H3,(H,28,29,30). The maximum Gasteiger partial charge on any atom is 0.244 e. The van der Waals surface area contributed by atoms with Crippen LogP contribution in [0.2, 0.25) is 0 Å². The van der Waals surface area contributed by atoms with Crippen LogP contribution in [-0.2, 0) is 15.8 Å². The lowest BCUT2D eigenvalue weighted by Gasteiger charge is -2.12. The lowest BCUT2D eigenvalue weighted by Crippen LogP contribution is -2.17. The van der Waals surface area contributed by atoms with E-state index in [1.165, 1.54) is 3.97 Å². The third-order valence-electron chi connectivity index (χ3n) is 6.19. The Morgan fingerprint density at radius 1 is 0.912 bits per heavy atom. The van der Waals surface area contributed by atoms with Crippen LogP contribution < -0.4 is 5.32 Å². The molecule has 1 aliphatic rings. The largest absolute Gasteiger partial charge is 0.367 e. The third kappa shape index (κ3) is 3.82. The predicted molar refractivity (Wildman–Crippen MR) is 136 cm³/mol. The van der Waals surface area contributed by atoms with Crippen LogP contribution in [0.3, 0.4) is 0 Å². The van der Waals surface area contributed by atoms with Crippen molar-refractivity contribution in [3.05, 3.63) is 90.1 Å². The zero-order chi connectivity index (χ0) is 23.3. The van der Waals surface area contributed by atoms with E-state index in [4.69, 9.17) is 9.97 Å². The second-order valence-electron chi connectivity index (χ2n) is 8.91. The number of anilines is 1. The van der Waals surface area contributed by atoms with Gasteiger partial charge in [-0.3, -0.25) is 0 Å². The van der Waals surface area contributed by atoms with Gasteiger partial charge in [-0.25, -0.2) is 22.4 Å². The summed E-state index contributed by atoms with van der Waals surface area (Å²) < 4.78 is 28.5. The summed E-state index contributed by atoms with van der Waals surface area (Å²) in [4.78, 5) is 9.65. The summed E-state index contributed by atoms with van der Waals surface area (Å²) in [7, 11) is -3.69. The van der Waals surface area contributed by atoms with Gasteiger partial charge in [-0.2, -0.15) is 0 Å². The summed E-state index contributed by atoms with van der Waals surface area (Å²) in [6.07, 6.45) is 2.17. The zero-order valence-electron chi connectivity index (χ0n) is 18.8. The average molecular weight is 469 g/mol. The fourth-order valence-corrected chi connectivity index (χ4v) is 6.01. The van der Waals surface area contributed by atoms with Crippen LogP contribution >= 0.6 is 0 Å². The number of fused-ring (bicyclic) bond motifs is 2. The molecule has 5 aromatic rings. The maximum atomic E-state index is 13.5. The van der Waals surface area contributed by atoms with E-state index in [1.54, 1.807) is 6.92 Å². The summed E-state index contributed by atoms with van der Waals surface area (Å²) in [5, 5.41) is 6.44. The highest BCUT2D eigenvalue weighted by Gasteiger charge is 2.27. The van der Waals surface area contributed by atoms with Crippen LogP contribution in [0.4, 0.5) is 5.82 Å². The van der Waals surface area contributed by atoms with Gasteiger partial charge in [0.15, 0.2) is 11.5 Å². The summed E-state index contributed by atoms with van der Waals surface area (Å²) in [5.41, 5.74) is 2.62. The Morgan fingerprint density at radius 3 is 2.41 bits per heavy atom. The Bertz CT molecular complexity index is 1640. The molecule has 0 unspecified atom stereocenters. The number of aryl methyl sites for hydroxylation is 1. The Balaban J connectivity index is 1.54. The van der Waals surface area contributed by atoms with Crippen LogP contribution in [0, 0.1) is 6.92 Å². The van der Waals surface area contributed by atoms with Crippen LogP contribution in [0.1, 0.15) is 24.1 Å². The third-order valence-corrected chi connectivity index (χ3v) is 7.90. The van der Waals surface area contributed by atoms with Crippen LogP contribution in [0.15, 0.2) is 78.9 Å². The molecule has 3 aromatic carbocycles. The van der Waals surface area contributed by atoms with E-state index in [9.17, 15) is 8.42 Å². The first kappa shape index (κ1) is 20.9. The predicted octanol–water partition coefficient (Wildman–Crippen LogP) is 5.51. The van der Waals surface area contributed by atoms with E-state index in [1.807, 2.05) is 60.7 Å². The molecule has 0 spiro atoms. The molecule has 34 heavy (non-hydrogen) atoms. The van der Waals surface area contributed by atoms with Gasteiger partial charge in [0.25, 0.3) is 0 Å². The average Bonchev–Trinajstić information content (AvgIpc) is 3.57. The van der Waals surface area contributed by atoms with Crippen molar-refractivity contribution in [3.8, 4) is 11.4 Å². The van der Waals surface area contributed by atoms with Gasteiger partial charge >= 0.3 is 0 Å². The minimum absolute atomic E-state index is 0.0981. The van der Waals surface area contributed by atoms with Gasteiger partial charge < -0.3 is 5.32 Å². The fourth-order valence-electron chi connectivity index (χ4n) is 4.37. The first-order valence-corrected chi connectivity index (χ1v) is 13.0. The number of aromatic nitrogens is 3. The quantitative estimate of drug-likeness (QED) is 0.355. The molecule has 1 fully saturated rings. The topological polar surface area (TPSA) is 76.9 Å². The molecule has 0 aliphatic heterocycles. The number of hydrogen-bond donors (Lipinski definition) is 1. The Kier molecular flexibility index (Phi) is 4.88. The molecular formula is C27H24N4O2S. The first-order valence-electron chi connectivity index (χ1n) is 11.4. The molecule has 0 amide bonds. The molecule has 7 heteroatoms. The monoisotopic (exact) mass is 468 g/mol. The smallest absolute Gasteiger partial charge is 0.244 e. The second-order valence-corrected chi connectivity index (χ2v) is 10.7. The van der Waals surface area contributed by atoms with Crippen molar-refractivity contribution >= 4 is 37.6 Å². The van der Waals surface area contributed by atoms with Crippen molar-refractivity contribution < 1.29 is 8.42 Å². The normalized spacial score (nSPS) is 14.0. The van der Waals surface area contributed by atoms with Crippen LogP contribution in [-0.4, -0.2) is 28.4 Å². The number of nitrogens with zero attached hydrogens (tertiary/aromatic N) is 3. The van der Waals surface area contributed by atoms with Crippen LogP contribution in [0.5, 0.6) is 0 Å². The first-order chi connectivity index (χ1) is 16.5. The molecule has 6 nitrogen and oxygen atoms in total. The van der Waals surface area contributed by atoms with E-state index in [0.29, 0.717) is 29.0 Å². The van der Waals surface area contributed by atoms with Gasteiger partial charge in [0, 0.05) is 17.3 Å². The molecular weight excluding hydrogens is 444 g/mol. The molecule has 0 atom stereocenters. The highest BCUT2D eigenvalue weighted by atomic mass is 32.2. The molecule has 170 valence electrons. The fraction of sp³-hybridized carbons (Fsp3) is 0.185. The zero-order valence-corrected chi connectivity index (χ0v) is 19.6. The molecule has 2 aromatic heterocycles. The number of hydrogen-bond acceptors (Lipinski definition) is 5. The van der Waals surface area contributed by atoms with Gasteiger partial charge in [-0.05, 0) is 48.2 Å². The van der Waals surface area contributed by atoms with Gasteiger partial charge in [0.2, 0.25) is 10.0 Å². The molecule has 2 heterocycles. The van der Waals surface area contributed by atoms with E-state index in [2.05, 4.69) is 23.5 Å². The van der Waals surface area contributed by atoms with Gasteiger partial charge in [0.1, 0.15) is 5.82 Å². The molecule has 1 N–H and O–H groups in total. The van der Waals surface area contributed by atoms with Crippen molar-refractivity contribution in [1.82, 2.24) is 13.9 Å². The second kappa shape index (κ2) is 7.95. The van der Waals surface area contributed by atoms with Crippen molar-refractivity contribution in [2.75, 3.05) is 5.32 Å². The van der Waals surface area contributed by atoms with E-state index in [0.717, 1.165) is 40.1 Å². The Morgan fingerprint density at radius 2 is 1.65 bits per heavy atom. The number of nitrogens with one attached hydrogen (secondary N) is 1. The minimum atomic E-state index is -3.69. The van der Waals surface area contributed by atoms with Gasteiger partial charge in [-0.15, -0.1) is 0 Å². The van der Waals surface area contributed by atoms with E-state index < -0.39 is 10.0 Å². The van der Waals surface area contributed by atoms with Crippen LogP contribution in [0.25, 0.3) is 33.2 Å². The minimum Gasteiger partial charge on any atom is -0.367 e. The summed E-state index contributed by atoms with van der Waals surface area (Å²) >= 11 is 0. The highest BCUT2D eigenvalue weighted by Crippen LogP contribution is 2.33. The SMILES string of the molecule is Cc1cc2c(NC3CC3)nc(-c3ccc4ccccc4c3)nc2n1S(=O)(=O)Cc1ccccc1. The highest BCUT2D eigenvalue weighted by molar-refractivity contribution is 7.89. The summed E-state index contributed by atoms with van der Waals surface area (Å²) in [6.45, 7) is 1.81. The van der Waals surface area contributed by atoms with Crippen molar-refractivity contribution in [2.24, 2.45) is 0 Å². The van der Waals surface area contributed by atoms with E-state index >= 15 is 0 Å². The molecule has 1 saturated carbocycles. The van der Waals surface area contributed by atoms with Crippen molar-refractivity contribution in [3.63, 3.8) is 0 Å². The Hall–Kier alpha value is -3.71. The Labute approximate surface area is 198 Å². The lowest BCUT2D eigenvalue weighted by molar-refractivity contribution is 0.587. The number of rotatable bonds is 6. The molecule has 1 aliphatic carbocycles. The van der Waals surface area contributed by atoms with Gasteiger partial charge in [0.05, 0.1) is 11.1 Å². The molecule has 0 bridgehead atoms. The van der Waals surface area contributed by atoms with Gasteiger partial charge in [-0.1, -0.05) is 66.7 Å². The molecule has 0 radical (unpaired) electrons. The molecule has 6 rings (SSSR count).